The molecule has 2 fully saturated rings. The average molecular weight is 395 g/mol. The molecule has 29 heavy (non-hydrogen) atoms. The van der Waals surface area contributed by atoms with Gasteiger partial charge in [-0.1, -0.05) is 30.3 Å². The lowest BCUT2D eigenvalue weighted by Crippen LogP contribution is -2.46. The lowest BCUT2D eigenvalue weighted by Gasteiger charge is -2.35. The summed E-state index contributed by atoms with van der Waals surface area (Å²) in [7, 11) is 0. The number of hydrogen-bond donors (Lipinski definition) is 1. The zero-order chi connectivity index (χ0) is 20.1. The molecule has 154 valence electrons. The number of carbonyl (C=O) groups excluding carboxylic acids is 1. The molecule has 2 saturated heterocycles. The van der Waals surface area contributed by atoms with E-state index >= 15 is 0 Å². The fourth-order valence-corrected chi connectivity index (χ4v) is 4.23. The van der Waals surface area contributed by atoms with Crippen LogP contribution in [-0.2, 0) is 4.74 Å². The van der Waals surface area contributed by atoms with Crippen molar-refractivity contribution in [2.75, 3.05) is 32.8 Å². The summed E-state index contributed by atoms with van der Waals surface area (Å²) < 4.78 is 5.46. The van der Waals surface area contributed by atoms with E-state index in [1.165, 1.54) is 12.8 Å². The van der Waals surface area contributed by atoms with Crippen LogP contribution in [0.15, 0.2) is 36.5 Å². The minimum Gasteiger partial charge on any atom is -0.381 e. The van der Waals surface area contributed by atoms with E-state index in [0.717, 1.165) is 57.2 Å². The number of benzene rings is 1. The molecule has 6 nitrogen and oxygen atoms in total. The second-order valence-electron chi connectivity index (χ2n) is 8.16. The van der Waals surface area contributed by atoms with Gasteiger partial charge in [0.1, 0.15) is 0 Å². The molecule has 0 spiro atoms. The van der Waals surface area contributed by atoms with E-state index in [1.807, 2.05) is 37.3 Å². The van der Waals surface area contributed by atoms with Gasteiger partial charge in [0.2, 0.25) is 0 Å². The first kappa shape index (κ1) is 20.0. The number of aromatic nitrogens is 2. The summed E-state index contributed by atoms with van der Waals surface area (Å²) in [5.74, 6) is 1.35. The first-order valence-electron chi connectivity index (χ1n) is 10.7. The number of nitrogens with one attached hydrogen (secondary N) is 1. The van der Waals surface area contributed by atoms with E-state index in [-0.39, 0.29) is 11.9 Å². The number of nitrogens with zero attached hydrogens (tertiary/aromatic N) is 3. The van der Waals surface area contributed by atoms with Crippen molar-refractivity contribution in [1.29, 1.82) is 0 Å². The van der Waals surface area contributed by atoms with E-state index in [2.05, 4.69) is 20.2 Å². The molecular formula is C23H30N4O2. The second kappa shape index (κ2) is 9.46. The fraction of sp³-hybridized carbons (Fsp3) is 0.522. The standard InChI is InChI=1S/C23H30N4O2/c1-17-21(15-24-22(25-17)19-5-3-2-4-6-19)23(28)26-20-7-11-27(12-8-20)16-18-9-13-29-14-10-18/h2-6,15,18,20H,7-14,16H2,1H3,(H,26,28). The molecule has 0 radical (unpaired) electrons. The first-order chi connectivity index (χ1) is 14.2. The minimum atomic E-state index is -0.0648. The monoisotopic (exact) mass is 394 g/mol. The van der Waals surface area contributed by atoms with Crippen molar-refractivity contribution in [2.24, 2.45) is 5.92 Å². The molecular weight excluding hydrogens is 364 g/mol. The van der Waals surface area contributed by atoms with Gasteiger partial charge in [-0.15, -0.1) is 0 Å². The Balaban J connectivity index is 1.29. The number of piperidine rings is 1. The quantitative estimate of drug-likeness (QED) is 0.844. The van der Waals surface area contributed by atoms with Gasteiger partial charge in [0.05, 0.1) is 11.3 Å². The molecule has 6 heteroatoms. The molecule has 2 aromatic rings. The maximum Gasteiger partial charge on any atom is 0.254 e. The molecule has 0 unspecified atom stereocenters. The van der Waals surface area contributed by atoms with Crippen LogP contribution in [0.3, 0.4) is 0 Å². The van der Waals surface area contributed by atoms with Crippen LogP contribution in [0.5, 0.6) is 0 Å². The highest BCUT2D eigenvalue weighted by Gasteiger charge is 2.24. The minimum absolute atomic E-state index is 0.0648. The Morgan fingerprint density at radius 1 is 1.14 bits per heavy atom. The highest BCUT2D eigenvalue weighted by molar-refractivity contribution is 5.95. The predicted octanol–water partition coefficient (Wildman–Crippen LogP) is 3.07. The van der Waals surface area contributed by atoms with Crippen molar-refractivity contribution in [3.63, 3.8) is 0 Å². The number of likely N-dealkylation sites (tertiary alicyclic amines) is 1. The lowest BCUT2D eigenvalue weighted by molar-refractivity contribution is 0.0477. The first-order valence-corrected chi connectivity index (χ1v) is 10.7. The third-order valence-electron chi connectivity index (χ3n) is 6.04. The average Bonchev–Trinajstić information content (AvgIpc) is 2.76. The fourth-order valence-electron chi connectivity index (χ4n) is 4.23. The van der Waals surface area contributed by atoms with Crippen LogP contribution >= 0.6 is 0 Å². The normalized spacial score (nSPS) is 19.2. The van der Waals surface area contributed by atoms with Crippen LogP contribution in [-0.4, -0.2) is 59.7 Å². The topological polar surface area (TPSA) is 67.4 Å². The third-order valence-corrected chi connectivity index (χ3v) is 6.04. The lowest BCUT2D eigenvalue weighted by atomic mass is 9.97. The molecule has 1 N–H and O–H groups in total. The van der Waals surface area contributed by atoms with Crippen LogP contribution in [0.25, 0.3) is 11.4 Å². The maximum atomic E-state index is 12.8. The van der Waals surface area contributed by atoms with Crippen LogP contribution in [0.2, 0.25) is 0 Å². The van der Waals surface area contributed by atoms with Gasteiger partial charge in [0, 0.05) is 50.7 Å². The molecule has 3 heterocycles. The SMILES string of the molecule is Cc1nc(-c2ccccc2)ncc1C(=O)NC1CCN(CC2CCOCC2)CC1. The maximum absolute atomic E-state index is 12.8. The molecule has 0 saturated carbocycles. The van der Waals surface area contributed by atoms with Crippen LogP contribution in [0, 0.1) is 12.8 Å². The zero-order valence-electron chi connectivity index (χ0n) is 17.1. The summed E-state index contributed by atoms with van der Waals surface area (Å²) in [6, 6.07) is 10.1. The van der Waals surface area contributed by atoms with Gasteiger partial charge in [-0.2, -0.15) is 0 Å². The summed E-state index contributed by atoms with van der Waals surface area (Å²) >= 11 is 0. The van der Waals surface area contributed by atoms with Gasteiger partial charge in [-0.25, -0.2) is 9.97 Å². The Labute approximate surface area is 172 Å². The van der Waals surface area contributed by atoms with Gasteiger partial charge in [0.15, 0.2) is 5.82 Å². The van der Waals surface area contributed by atoms with Gasteiger partial charge < -0.3 is 15.0 Å². The number of aryl methyl sites for hydroxylation is 1. The van der Waals surface area contributed by atoms with Crippen LogP contribution in [0.1, 0.15) is 41.7 Å². The van der Waals surface area contributed by atoms with Gasteiger partial charge >= 0.3 is 0 Å². The van der Waals surface area contributed by atoms with Crippen molar-refractivity contribution >= 4 is 5.91 Å². The van der Waals surface area contributed by atoms with E-state index in [4.69, 9.17) is 4.74 Å². The zero-order valence-corrected chi connectivity index (χ0v) is 17.1. The van der Waals surface area contributed by atoms with Crippen molar-refractivity contribution in [1.82, 2.24) is 20.2 Å². The summed E-state index contributed by atoms with van der Waals surface area (Å²) in [5, 5.41) is 3.19. The van der Waals surface area contributed by atoms with E-state index < -0.39 is 0 Å². The Bertz CT molecular complexity index is 813. The van der Waals surface area contributed by atoms with E-state index in [9.17, 15) is 4.79 Å². The molecule has 2 aliphatic heterocycles. The summed E-state index contributed by atoms with van der Waals surface area (Å²) in [6.07, 6.45) is 6.00. The molecule has 1 amide bonds. The van der Waals surface area contributed by atoms with Gasteiger partial charge in [0.25, 0.3) is 5.91 Å². The third kappa shape index (κ3) is 5.19. The molecule has 1 aromatic carbocycles. The Morgan fingerprint density at radius 3 is 2.55 bits per heavy atom. The van der Waals surface area contributed by atoms with Crippen molar-refractivity contribution < 1.29 is 9.53 Å². The molecule has 0 atom stereocenters. The molecule has 2 aliphatic rings. The number of hydrogen-bond acceptors (Lipinski definition) is 5. The van der Waals surface area contributed by atoms with Crippen molar-refractivity contribution in [3.8, 4) is 11.4 Å². The highest BCUT2D eigenvalue weighted by atomic mass is 16.5. The van der Waals surface area contributed by atoms with E-state index in [0.29, 0.717) is 17.1 Å². The Kier molecular flexibility index (Phi) is 6.52. The summed E-state index contributed by atoms with van der Waals surface area (Å²) in [4.78, 5) is 24.3. The predicted molar refractivity (Wildman–Crippen MR) is 113 cm³/mol. The summed E-state index contributed by atoms with van der Waals surface area (Å²) in [6.45, 7) is 6.94. The smallest absolute Gasteiger partial charge is 0.254 e. The van der Waals surface area contributed by atoms with Crippen LogP contribution in [0.4, 0.5) is 0 Å². The Hall–Kier alpha value is -2.31. The molecule has 1 aromatic heterocycles. The number of amides is 1. The largest absolute Gasteiger partial charge is 0.381 e. The van der Waals surface area contributed by atoms with Crippen molar-refractivity contribution in [3.05, 3.63) is 47.8 Å². The van der Waals surface area contributed by atoms with E-state index in [1.54, 1.807) is 6.20 Å². The molecule has 0 aliphatic carbocycles. The number of ether oxygens (including phenoxy) is 1. The van der Waals surface area contributed by atoms with Gasteiger partial charge in [-0.3, -0.25) is 4.79 Å². The number of carbonyl (C=O) groups is 1. The Morgan fingerprint density at radius 2 is 1.86 bits per heavy atom. The van der Waals surface area contributed by atoms with Crippen LogP contribution < -0.4 is 5.32 Å². The summed E-state index contributed by atoms with van der Waals surface area (Å²) in [5.41, 5.74) is 2.24. The van der Waals surface area contributed by atoms with Crippen molar-refractivity contribution in [2.45, 2.75) is 38.6 Å². The molecule has 4 rings (SSSR count). The molecule has 0 bridgehead atoms. The number of rotatable bonds is 5. The highest BCUT2D eigenvalue weighted by Crippen LogP contribution is 2.20. The second-order valence-corrected chi connectivity index (χ2v) is 8.16. The van der Waals surface area contributed by atoms with Gasteiger partial charge in [-0.05, 0) is 38.5 Å².